The van der Waals surface area contributed by atoms with Crippen LogP contribution in [0.2, 0.25) is 0 Å². The highest BCUT2D eigenvalue weighted by molar-refractivity contribution is 7.98. The van der Waals surface area contributed by atoms with Crippen molar-refractivity contribution in [2.75, 3.05) is 6.61 Å². The molecule has 1 saturated heterocycles. The van der Waals surface area contributed by atoms with Gasteiger partial charge in [0.05, 0.1) is 5.69 Å². The number of amides is 1. The van der Waals surface area contributed by atoms with E-state index in [0.29, 0.717) is 22.4 Å². The van der Waals surface area contributed by atoms with Gasteiger partial charge in [0.15, 0.2) is 29.4 Å². The molecule has 2 N–H and O–H groups in total. The number of rotatable bonds is 10. The second-order valence-electron chi connectivity index (χ2n) is 10.4. The molecule has 0 spiro atoms. The average molecular weight is 636 g/mol. The topological polar surface area (TPSA) is 164 Å². The van der Waals surface area contributed by atoms with Gasteiger partial charge in [0.25, 0.3) is 0 Å². The van der Waals surface area contributed by atoms with E-state index in [1.165, 1.54) is 44.1 Å². The highest BCUT2D eigenvalue weighted by atomic mass is 32.2. The molecule has 1 aliphatic heterocycles. The van der Waals surface area contributed by atoms with Crippen molar-refractivity contribution in [3.8, 4) is 11.5 Å². The van der Waals surface area contributed by atoms with Crippen molar-refractivity contribution in [3.63, 3.8) is 0 Å². The largest absolute Gasteiger partial charge is 0.463 e. The van der Waals surface area contributed by atoms with Crippen molar-refractivity contribution in [2.24, 2.45) is 0 Å². The van der Waals surface area contributed by atoms with Crippen LogP contribution in [0.15, 0.2) is 65.8 Å². The van der Waals surface area contributed by atoms with E-state index in [2.05, 4.69) is 10.3 Å². The van der Waals surface area contributed by atoms with Crippen LogP contribution in [-0.4, -0.2) is 74.5 Å². The average Bonchev–Trinajstić information content (AvgIpc) is 3.61. The number of nitrogens with one attached hydrogen (secondary N) is 2. The minimum Gasteiger partial charge on any atom is -0.463 e. The van der Waals surface area contributed by atoms with Gasteiger partial charge in [-0.25, -0.2) is 4.68 Å². The molecule has 45 heavy (non-hydrogen) atoms. The zero-order valence-electron chi connectivity index (χ0n) is 25.1. The SMILES string of the molecule is CC(=O)N[C@@H]1[C@@H](OC(C)=O)[C@H](OC(C)=O)[C@@H](COC(C)=O)O[C@H]1n1nc(-c2cc3ccccc3[nH]2)nc1SCc1ccccc1. The lowest BCUT2D eigenvalue weighted by Crippen LogP contribution is -2.64. The van der Waals surface area contributed by atoms with Gasteiger partial charge in [-0.05, 0) is 17.7 Å². The van der Waals surface area contributed by atoms with Crippen LogP contribution in [0.3, 0.4) is 0 Å². The molecular formula is C31H33N5O8S. The Bertz CT molecular complexity index is 1660. The molecule has 0 unspecified atom stereocenters. The number of hydrogen-bond donors (Lipinski definition) is 2. The fourth-order valence-electron chi connectivity index (χ4n) is 5.12. The summed E-state index contributed by atoms with van der Waals surface area (Å²) < 4.78 is 24.4. The number of para-hydroxylation sites is 1. The summed E-state index contributed by atoms with van der Waals surface area (Å²) in [4.78, 5) is 57.0. The second kappa shape index (κ2) is 13.9. The summed E-state index contributed by atoms with van der Waals surface area (Å²) in [5.41, 5.74) is 2.58. The minimum atomic E-state index is -1.23. The number of benzene rings is 2. The minimum absolute atomic E-state index is 0.329. The fraction of sp³-hybridized carbons (Fsp3) is 0.355. The van der Waals surface area contributed by atoms with E-state index in [9.17, 15) is 19.2 Å². The molecule has 13 nitrogen and oxygen atoms in total. The summed E-state index contributed by atoms with van der Waals surface area (Å²) in [7, 11) is 0. The number of H-pyrrole nitrogens is 1. The zero-order chi connectivity index (χ0) is 32.1. The number of nitrogens with zero attached hydrogens (tertiary/aromatic N) is 3. The summed E-state index contributed by atoms with van der Waals surface area (Å²) in [5, 5.41) is 9.02. The Labute approximate surface area is 263 Å². The van der Waals surface area contributed by atoms with Crippen molar-refractivity contribution < 1.29 is 38.1 Å². The van der Waals surface area contributed by atoms with Gasteiger partial charge in [-0.15, -0.1) is 5.10 Å². The van der Waals surface area contributed by atoms with E-state index in [1.807, 2.05) is 60.7 Å². The summed E-state index contributed by atoms with van der Waals surface area (Å²) in [6.07, 6.45) is -4.68. The number of carbonyl (C=O) groups excluding carboxylic acids is 4. The lowest BCUT2D eigenvalue weighted by molar-refractivity contribution is -0.240. The number of aromatic amines is 1. The predicted octanol–water partition coefficient (Wildman–Crippen LogP) is 3.55. The molecule has 236 valence electrons. The van der Waals surface area contributed by atoms with Gasteiger partial charge in [-0.2, -0.15) is 4.98 Å². The Balaban J connectivity index is 1.62. The number of hydrogen-bond acceptors (Lipinski definition) is 11. The normalized spacial score (nSPS) is 21.2. The van der Waals surface area contributed by atoms with E-state index in [1.54, 1.807) is 0 Å². The molecule has 2 aromatic heterocycles. The maximum absolute atomic E-state index is 12.5. The molecule has 1 amide bonds. The van der Waals surface area contributed by atoms with Gasteiger partial charge in [0.1, 0.15) is 18.8 Å². The molecule has 0 bridgehead atoms. The molecule has 14 heteroatoms. The van der Waals surface area contributed by atoms with E-state index in [4.69, 9.17) is 29.0 Å². The maximum Gasteiger partial charge on any atom is 0.303 e. The van der Waals surface area contributed by atoms with Crippen LogP contribution in [-0.2, 0) is 43.9 Å². The number of carbonyl (C=O) groups is 4. The fourth-order valence-corrected chi connectivity index (χ4v) is 6.04. The first-order valence-corrected chi connectivity index (χ1v) is 15.2. The highest BCUT2D eigenvalue weighted by Gasteiger charge is 2.52. The predicted molar refractivity (Wildman–Crippen MR) is 163 cm³/mol. The van der Waals surface area contributed by atoms with Gasteiger partial charge >= 0.3 is 17.9 Å². The van der Waals surface area contributed by atoms with Gasteiger partial charge in [-0.1, -0.05) is 60.3 Å². The number of esters is 3. The molecule has 3 heterocycles. The first kappa shape index (κ1) is 31.7. The summed E-state index contributed by atoms with van der Waals surface area (Å²) in [6.45, 7) is 4.59. The first-order chi connectivity index (χ1) is 21.6. The van der Waals surface area contributed by atoms with Crippen molar-refractivity contribution >= 4 is 46.5 Å². The Morgan fingerprint density at radius 3 is 2.29 bits per heavy atom. The molecule has 5 rings (SSSR count). The lowest BCUT2D eigenvalue weighted by Gasteiger charge is -2.45. The Morgan fingerprint density at radius 1 is 0.933 bits per heavy atom. The zero-order valence-corrected chi connectivity index (χ0v) is 25.9. The summed E-state index contributed by atoms with van der Waals surface area (Å²) >= 11 is 1.39. The van der Waals surface area contributed by atoms with Crippen molar-refractivity contribution in [1.29, 1.82) is 0 Å². The van der Waals surface area contributed by atoms with E-state index < -0.39 is 54.4 Å². The molecule has 1 aliphatic rings. The number of fused-ring (bicyclic) bond motifs is 1. The molecule has 0 radical (unpaired) electrons. The van der Waals surface area contributed by atoms with Crippen molar-refractivity contribution in [2.45, 2.75) is 69.2 Å². The van der Waals surface area contributed by atoms with Crippen molar-refractivity contribution in [1.82, 2.24) is 25.1 Å². The second-order valence-corrected chi connectivity index (χ2v) is 11.4. The quantitative estimate of drug-likeness (QED) is 0.149. The molecule has 4 aromatic rings. The monoisotopic (exact) mass is 635 g/mol. The molecule has 0 saturated carbocycles. The smallest absolute Gasteiger partial charge is 0.303 e. The van der Waals surface area contributed by atoms with Crippen LogP contribution in [0.25, 0.3) is 22.4 Å². The van der Waals surface area contributed by atoms with E-state index >= 15 is 0 Å². The van der Waals surface area contributed by atoms with Gasteiger partial charge in [0, 0.05) is 44.4 Å². The first-order valence-electron chi connectivity index (χ1n) is 14.2. The van der Waals surface area contributed by atoms with Crippen LogP contribution in [0.1, 0.15) is 39.5 Å². The molecule has 2 aromatic carbocycles. The van der Waals surface area contributed by atoms with Gasteiger partial charge < -0.3 is 29.2 Å². The summed E-state index contributed by atoms with van der Waals surface area (Å²) in [6, 6.07) is 18.4. The Morgan fingerprint density at radius 2 is 1.62 bits per heavy atom. The Hall–Kier alpha value is -4.69. The van der Waals surface area contributed by atoms with E-state index in [0.717, 1.165) is 16.5 Å². The molecule has 0 aliphatic carbocycles. The Kier molecular flexibility index (Phi) is 9.83. The lowest BCUT2D eigenvalue weighted by atomic mass is 9.95. The van der Waals surface area contributed by atoms with Crippen molar-refractivity contribution in [3.05, 3.63) is 66.2 Å². The van der Waals surface area contributed by atoms with Gasteiger partial charge in [-0.3, -0.25) is 19.2 Å². The van der Waals surface area contributed by atoms with Crippen LogP contribution < -0.4 is 5.32 Å². The third-order valence-electron chi connectivity index (χ3n) is 6.91. The van der Waals surface area contributed by atoms with E-state index in [-0.39, 0.29) is 6.61 Å². The third kappa shape index (κ3) is 7.70. The number of ether oxygens (including phenoxy) is 4. The maximum atomic E-state index is 12.5. The standard InChI is InChI=1S/C31H33N5O8S/c1-17(37)32-26-28(43-20(4)40)27(42-19(3)39)25(15-41-18(2)38)44-30(26)36-31(45-16-21-10-6-5-7-11-21)34-29(35-36)24-14-22-12-8-9-13-23(22)33-24/h5-14,25-28,30,33H,15-16H2,1-4H3,(H,32,37)/t25-,26-,27-,28-,30-/m1/s1. The summed E-state index contributed by atoms with van der Waals surface area (Å²) in [5.74, 6) is -1.53. The van der Waals surface area contributed by atoms with Crippen LogP contribution in [0.4, 0.5) is 0 Å². The molecular weight excluding hydrogens is 602 g/mol. The molecule has 5 atom stereocenters. The van der Waals surface area contributed by atoms with Gasteiger partial charge in [0.2, 0.25) is 5.91 Å². The van der Waals surface area contributed by atoms with Crippen LogP contribution >= 0.6 is 11.8 Å². The highest BCUT2D eigenvalue weighted by Crippen LogP contribution is 2.36. The van der Waals surface area contributed by atoms with Crippen LogP contribution in [0.5, 0.6) is 0 Å². The number of thioether (sulfide) groups is 1. The number of aromatic nitrogens is 4. The third-order valence-corrected chi connectivity index (χ3v) is 7.93. The molecule has 1 fully saturated rings. The van der Waals surface area contributed by atoms with Crippen LogP contribution in [0, 0.1) is 0 Å².